The molecule has 0 aromatic heterocycles. The molecule has 0 fully saturated rings. The van der Waals surface area contributed by atoms with E-state index in [0.29, 0.717) is 0 Å². The molecule has 0 unspecified atom stereocenters. The number of rotatable bonds is 3. The van der Waals surface area contributed by atoms with Crippen LogP contribution in [0.25, 0.3) is 0 Å². The van der Waals surface area contributed by atoms with E-state index in [4.69, 9.17) is 10.2 Å². The molecule has 0 rings (SSSR count). The van der Waals surface area contributed by atoms with Crippen molar-refractivity contribution in [3.05, 3.63) is 0 Å². The Bertz CT molecular complexity index is 174. The number of hydrogen-bond acceptors (Lipinski definition) is 2. The largest absolute Gasteiger partial charge is 1.00 e. The summed E-state index contributed by atoms with van der Waals surface area (Å²) in [5.41, 5.74) is 0. The first-order chi connectivity index (χ1) is 4.36. The van der Waals surface area contributed by atoms with E-state index in [1.807, 2.05) is 0 Å². The van der Waals surface area contributed by atoms with Crippen LogP contribution in [0.3, 0.4) is 0 Å². The third-order valence-corrected chi connectivity index (χ3v) is 1.93. The van der Waals surface area contributed by atoms with Crippen LogP contribution in [0.1, 0.15) is 7.85 Å². The van der Waals surface area contributed by atoms with Gasteiger partial charge in [-0.05, 0) is 0 Å². The molecule has 0 aromatic rings. The van der Waals surface area contributed by atoms with Crippen molar-refractivity contribution in [3.63, 3.8) is 0 Å². The maximum Gasteiger partial charge on any atom is 1.00 e. The van der Waals surface area contributed by atoms with Gasteiger partial charge in [-0.3, -0.25) is 4.79 Å². The van der Waals surface area contributed by atoms with Gasteiger partial charge in [0.15, 0.2) is 3.23 Å². The van der Waals surface area contributed by atoms with E-state index in [2.05, 4.69) is 31.9 Å². The molecular formula is C4H5Br2NaO4. The number of alkyl halides is 2. The van der Waals surface area contributed by atoms with Crippen molar-refractivity contribution < 1.29 is 50.8 Å². The third kappa shape index (κ3) is 6.10. The minimum atomic E-state index is -1.54. The summed E-state index contributed by atoms with van der Waals surface area (Å²) in [6.45, 7) is 0. The van der Waals surface area contributed by atoms with E-state index in [1.54, 1.807) is 0 Å². The minimum Gasteiger partial charge on any atom is -1.00 e. The molecule has 0 radical (unpaired) electrons. The van der Waals surface area contributed by atoms with Gasteiger partial charge in [0.2, 0.25) is 0 Å². The molecule has 0 heterocycles. The Morgan fingerprint density at radius 2 is 1.73 bits per heavy atom. The molecule has 7 heteroatoms. The number of carboxylic acid groups (broad SMARTS) is 2. The predicted octanol–water partition coefficient (Wildman–Crippen LogP) is -1.85. The fraction of sp³-hybridized carbons (Fsp3) is 0.500. The average molecular weight is 300 g/mol. The molecular weight excluding hydrogens is 295 g/mol. The summed E-state index contributed by atoms with van der Waals surface area (Å²) in [5, 5.41) is 16.5. The standard InChI is InChI=1S/C4H4Br2O4.Na.H/c5-4(6,3(9)10)1-2(7)8;;/h1H2,(H,7,8)(H,9,10);;/q;+1;-1. The van der Waals surface area contributed by atoms with Gasteiger partial charge < -0.3 is 11.6 Å². The average Bonchev–Trinajstić information content (AvgIpc) is 1.60. The van der Waals surface area contributed by atoms with Gasteiger partial charge in [-0.2, -0.15) is 0 Å². The van der Waals surface area contributed by atoms with Gasteiger partial charge in [-0.1, -0.05) is 31.9 Å². The molecule has 0 aliphatic rings. The Balaban J connectivity index is -0.000000405. The summed E-state index contributed by atoms with van der Waals surface area (Å²) < 4.78 is -1.54. The molecule has 60 valence electrons. The first-order valence-corrected chi connectivity index (χ1v) is 3.78. The van der Waals surface area contributed by atoms with Gasteiger partial charge in [0.1, 0.15) is 0 Å². The van der Waals surface area contributed by atoms with Gasteiger partial charge in [-0.15, -0.1) is 0 Å². The van der Waals surface area contributed by atoms with Crippen molar-refractivity contribution in [2.24, 2.45) is 0 Å². The summed E-state index contributed by atoms with van der Waals surface area (Å²) in [7, 11) is 0. The summed E-state index contributed by atoms with van der Waals surface area (Å²) in [6.07, 6.45) is -0.512. The molecule has 11 heavy (non-hydrogen) atoms. The topological polar surface area (TPSA) is 74.6 Å². The van der Waals surface area contributed by atoms with Crippen LogP contribution >= 0.6 is 31.9 Å². The summed E-state index contributed by atoms with van der Waals surface area (Å²) >= 11 is 5.37. The number of halogens is 2. The van der Waals surface area contributed by atoms with Gasteiger partial charge in [0, 0.05) is 0 Å². The van der Waals surface area contributed by atoms with Gasteiger partial charge in [-0.25, -0.2) is 4.79 Å². The van der Waals surface area contributed by atoms with E-state index >= 15 is 0 Å². The van der Waals surface area contributed by atoms with Crippen molar-refractivity contribution in [1.29, 1.82) is 0 Å². The predicted molar refractivity (Wildman–Crippen MR) is 41.6 cm³/mol. The molecule has 0 saturated heterocycles. The minimum absolute atomic E-state index is 0. The van der Waals surface area contributed by atoms with Gasteiger partial charge >= 0.3 is 41.5 Å². The molecule has 0 atom stereocenters. The van der Waals surface area contributed by atoms with Crippen LogP contribution in [0.2, 0.25) is 0 Å². The molecule has 0 bridgehead atoms. The van der Waals surface area contributed by atoms with Crippen LogP contribution in [-0.4, -0.2) is 25.4 Å². The van der Waals surface area contributed by atoms with Crippen molar-refractivity contribution in [1.82, 2.24) is 0 Å². The Hall–Kier alpha value is 0.900. The Kier molecular flexibility index (Phi) is 7.25. The molecule has 4 nitrogen and oxygen atoms in total. The number of carbonyl (C=O) groups is 2. The van der Waals surface area contributed by atoms with Crippen LogP contribution in [0, 0.1) is 0 Å². The molecule has 0 aliphatic heterocycles. The molecule has 0 aromatic carbocycles. The third-order valence-electron chi connectivity index (χ3n) is 0.686. The molecule has 0 saturated carbocycles. The fourth-order valence-electron chi connectivity index (χ4n) is 0.266. The van der Waals surface area contributed by atoms with E-state index in [9.17, 15) is 9.59 Å². The first kappa shape index (κ1) is 14.4. The number of hydrogen-bond donors (Lipinski definition) is 2. The Morgan fingerprint density at radius 3 is 1.82 bits per heavy atom. The van der Waals surface area contributed by atoms with Crippen LogP contribution in [0.5, 0.6) is 0 Å². The van der Waals surface area contributed by atoms with Crippen LogP contribution in [0.15, 0.2) is 0 Å². The second-order valence-electron chi connectivity index (χ2n) is 1.58. The van der Waals surface area contributed by atoms with Crippen LogP contribution in [-0.2, 0) is 9.59 Å². The zero-order chi connectivity index (χ0) is 8.36. The number of aliphatic carboxylic acids is 2. The van der Waals surface area contributed by atoms with Crippen molar-refractivity contribution in [2.45, 2.75) is 9.65 Å². The fourth-order valence-corrected chi connectivity index (χ4v) is 0.745. The van der Waals surface area contributed by atoms with Gasteiger partial charge in [0.05, 0.1) is 6.42 Å². The molecule has 0 aliphatic carbocycles. The first-order valence-electron chi connectivity index (χ1n) is 2.19. The molecule has 0 spiro atoms. The maximum absolute atomic E-state index is 10.2. The zero-order valence-corrected chi connectivity index (χ0v) is 10.8. The van der Waals surface area contributed by atoms with Crippen molar-refractivity contribution in [3.8, 4) is 0 Å². The van der Waals surface area contributed by atoms with Crippen molar-refractivity contribution >= 4 is 43.8 Å². The van der Waals surface area contributed by atoms with E-state index in [-0.39, 0.29) is 31.0 Å². The SMILES string of the molecule is O=C(O)CC(Br)(Br)C(=O)O.[H-].[Na+]. The summed E-state index contributed by atoms with van der Waals surface area (Å²) in [6, 6.07) is 0. The second-order valence-corrected chi connectivity index (χ2v) is 5.35. The summed E-state index contributed by atoms with van der Waals surface area (Å²) in [4.78, 5) is 20.2. The zero-order valence-electron chi connectivity index (χ0n) is 6.67. The second kappa shape index (κ2) is 5.53. The van der Waals surface area contributed by atoms with E-state index in [0.717, 1.165) is 0 Å². The van der Waals surface area contributed by atoms with Crippen LogP contribution in [0.4, 0.5) is 0 Å². The molecule has 0 amide bonds. The quantitative estimate of drug-likeness (QED) is 0.474. The van der Waals surface area contributed by atoms with Crippen LogP contribution < -0.4 is 29.6 Å². The smallest absolute Gasteiger partial charge is 1.00 e. The monoisotopic (exact) mass is 298 g/mol. The van der Waals surface area contributed by atoms with Gasteiger partial charge in [0.25, 0.3) is 0 Å². The van der Waals surface area contributed by atoms with E-state index < -0.39 is 21.6 Å². The maximum atomic E-state index is 10.2. The Labute approximate surface area is 103 Å². The summed E-state index contributed by atoms with van der Waals surface area (Å²) in [5.74, 6) is -2.44. The normalized spacial score (nSPS) is 10.0. The molecule has 2 N–H and O–H groups in total. The van der Waals surface area contributed by atoms with Crippen molar-refractivity contribution in [2.75, 3.05) is 0 Å². The van der Waals surface area contributed by atoms with E-state index in [1.165, 1.54) is 0 Å². The Morgan fingerprint density at radius 1 is 1.36 bits per heavy atom. The number of carboxylic acids is 2.